The molecule has 0 atom stereocenters. The maximum absolute atomic E-state index is 12.6. The first kappa shape index (κ1) is 8.25. The van der Waals surface area contributed by atoms with Crippen molar-refractivity contribution in [3.63, 3.8) is 0 Å². The van der Waals surface area contributed by atoms with Crippen molar-refractivity contribution in [1.82, 2.24) is 0 Å². The second-order valence-corrected chi connectivity index (χ2v) is 2.59. The van der Waals surface area contributed by atoms with Crippen molar-refractivity contribution in [2.45, 2.75) is 19.3 Å². The molecule has 0 aliphatic carbocycles. The summed E-state index contributed by atoms with van der Waals surface area (Å²) in [6.45, 7) is 3.73. The van der Waals surface area contributed by atoms with E-state index in [0.29, 0.717) is 0 Å². The Bertz CT molecular complexity index is 218. The first-order valence-corrected chi connectivity index (χ1v) is 3.86. The van der Waals surface area contributed by atoms with Gasteiger partial charge in [0.1, 0.15) is 5.82 Å². The minimum atomic E-state index is -0.147. The zero-order chi connectivity index (χ0) is 8.10. The molecule has 1 rings (SSSR count). The molecule has 0 bridgehead atoms. The highest BCUT2D eigenvalue weighted by Crippen LogP contribution is 2.06. The molecule has 0 fully saturated rings. The van der Waals surface area contributed by atoms with Crippen LogP contribution in [0.4, 0.5) is 4.39 Å². The second kappa shape index (κ2) is 4.12. The minimum Gasteiger partial charge on any atom is -0.207 e. The first-order chi connectivity index (χ1) is 5.33. The molecule has 0 aliphatic rings. The topological polar surface area (TPSA) is 0 Å². The molecule has 0 saturated heterocycles. The van der Waals surface area contributed by atoms with Crippen LogP contribution in [0, 0.1) is 12.7 Å². The molecule has 0 spiro atoms. The summed E-state index contributed by atoms with van der Waals surface area (Å²) in [5.74, 6) is -0.147. The van der Waals surface area contributed by atoms with E-state index in [9.17, 15) is 4.39 Å². The van der Waals surface area contributed by atoms with Gasteiger partial charge in [-0.2, -0.15) is 0 Å². The summed E-state index contributed by atoms with van der Waals surface area (Å²) in [5.41, 5.74) is 1.06. The van der Waals surface area contributed by atoms with Crippen LogP contribution in [0.15, 0.2) is 24.3 Å². The van der Waals surface area contributed by atoms with Crippen LogP contribution in [-0.4, -0.2) is 0 Å². The number of unbranched alkanes of at least 4 members (excludes halogenated alkanes) is 1. The van der Waals surface area contributed by atoms with Crippen molar-refractivity contribution in [2.75, 3.05) is 0 Å². The fourth-order valence-corrected chi connectivity index (χ4v) is 1.02. The van der Waals surface area contributed by atoms with Crippen molar-refractivity contribution < 1.29 is 4.39 Å². The normalized spacial score (nSPS) is 10.0. The van der Waals surface area contributed by atoms with Crippen LogP contribution in [0.1, 0.15) is 18.4 Å². The zero-order valence-electron chi connectivity index (χ0n) is 6.52. The predicted octanol–water partition coefficient (Wildman–Crippen LogP) is 2.98. The fraction of sp³-hybridized carbons (Fsp3) is 0.300. The standard InChI is InChI=1S/C10H12F/c1-2-3-5-9-6-4-7-10(11)8-9/h4,6-8H,1-3,5H2. The summed E-state index contributed by atoms with van der Waals surface area (Å²) in [4.78, 5) is 0. The van der Waals surface area contributed by atoms with Crippen molar-refractivity contribution in [3.8, 4) is 0 Å². The Morgan fingerprint density at radius 1 is 1.36 bits per heavy atom. The molecule has 11 heavy (non-hydrogen) atoms. The molecule has 0 unspecified atom stereocenters. The van der Waals surface area contributed by atoms with E-state index >= 15 is 0 Å². The lowest BCUT2D eigenvalue weighted by Crippen LogP contribution is -1.84. The number of rotatable bonds is 3. The lowest BCUT2D eigenvalue weighted by atomic mass is 10.1. The number of hydrogen-bond acceptors (Lipinski definition) is 0. The number of benzene rings is 1. The molecular formula is C10H12F. The number of halogens is 1. The molecule has 0 saturated carbocycles. The van der Waals surface area contributed by atoms with Gasteiger partial charge in [0.05, 0.1) is 0 Å². The van der Waals surface area contributed by atoms with Crippen LogP contribution in [0.2, 0.25) is 0 Å². The first-order valence-electron chi connectivity index (χ1n) is 3.86. The van der Waals surface area contributed by atoms with Gasteiger partial charge in [-0.15, -0.1) is 0 Å². The Labute approximate surface area is 67.1 Å². The lowest BCUT2D eigenvalue weighted by Gasteiger charge is -1.97. The lowest BCUT2D eigenvalue weighted by molar-refractivity contribution is 0.624. The largest absolute Gasteiger partial charge is 0.207 e. The van der Waals surface area contributed by atoms with Crippen LogP contribution in [-0.2, 0) is 6.42 Å². The van der Waals surface area contributed by atoms with Gasteiger partial charge in [0.2, 0.25) is 0 Å². The van der Waals surface area contributed by atoms with Crippen LogP contribution in [0.5, 0.6) is 0 Å². The van der Waals surface area contributed by atoms with Gasteiger partial charge in [0.25, 0.3) is 0 Å². The van der Waals surface area contributed by atoms with Gasteiger partial charge < -0.3 is 0 Å². The molecule has 1 aromatic carbocycles. The molecule has 0 aliphatic heterocycles. The Balaban J connectivity index is 2.56. The Kier molecular flexibility index (Phi) is 3.09. The van der Waals surface area contributed by atoms with Gasteiger partial charge in [-0.3, -0.25) is 0 Å². The summed E-state index contributed by atoms with van der Waals surface area (Å²) in [5, 5.41) is 0. The zero-order valence-corrected chi connectivity index (χ0v) is 6.52. The molecule has 0 N–H and O–H groups in total. The van der Waals surface area contributed by atoms with Gasteiger partial charge >= 0.3 is 0 Å². The van der Waals surface area contributed by atoms with Gasteiger partial charge in [0.15, 0.2) is 0 Å². The highest BCUT2D eigenvalue weighted by Gasteiger charge is 1.93. The van der Waals surface area contributed by atoms with E-state index in [1.807, 2.05) is 6.07 Å². The van der Waals surface area contributed by atoms with Crippen molar-refractivity contribution in [1.29, 1.82) is 0 Å². The van der Waals surface area contributed by atoms with Crippen LogP contribution in [0.3, 0.4) is 0 Å². The predicted molar refractivity (Wildman–Crippen MR) is 44.7 cm³/mol. The smallest absolute Gasteiger partial charge is 0.123 e. The van der Waals surface area contributed by atoms with Gasteiger partial charge in [-0.25, -0.2) is 4.39 Å². The fourth-order valence-electron chi connectivity index (χ4n) is 1.02. The van der Waals surface area contributed by atoms with Crippen LogP contribution < -0.4 is 0 Å². The summed E-state index contributed by atoms with van der Waals surface area (Å²) < 4.78 is 12.6. The highest BCUT2D eigenvalue weighted by molar-refractivity contribution is 5.16. The maximum Gasteiger partial charge on any atom is 0.123 e. The molecule has 1 aromatic rings. The number of aryl methyl sites for hydroxylation is 1. The highest BCUT2D eigenvalue weighted by atomic mass is 19.1. The molecule has 59 valence electrons. The quantitative estimate of drug-likeness (QED) is 0.623. The molecule has 1 heteroatoms. The van der Waals surface area contributed by atoms with E-state index in [1.54, 1.807) is 12.1 Å². The maximum atomic E-state index is 12.6. The van der Waals surface area contributed by atoms with Crippen molar-refractivity contribution >= 4 is 0 Å². The third-order valence-corrected chi connectivity index (χ3v) is 1.60. The van der Waals surface area contributed by atoms with E-state index in [2.05, 4.69) is 6.92 Å². The molecule has 0 nitrogen and oxygen atoms in total. The van der Waals surface area contributed by atoms with E-state index in [-0.39, 0.29) is 5.82 Å². The summed E-state index contributed by atoms with van der Waals surface area (Å²) in [6.07, 6.45) is 2.88. The van der Waals surface area contributed by atoms with E-state index in [1.165, 1.54) is 6.07 Å². The Morgan fingerprint density at radius 3 is 2.82 bits per heavy atom. The molecular weight excluding hydrogens is 139 g/mol. The average Bonchev–Trinajstić information content (AvgIpc) is 2.01. The monoisotopic (exact) mass is 151 g/mol. The van der Waals surface area contributed by atoms with Crippen molar-refractivity contribution in [3.05, 3.63) is 42.6 Å². The Morgan fingerprint density at radius 2 is 2.18 bits per heavy atom. The molecule has 0 aromatic heterocycles. The van der Waals surface area contributed by atoms with Gasteiger partial charge in [-0.1, -0.05) is 25.5 Å². The minimum absolute atomic E-state index is 0.147. The summed E-state index contributed by atoms with van der Waals surface area (Å²) in [6, 6.07) is 6.73. The summed E-state index contributed by atoms with van der Waals surface area (Å²) in [7, 11) is 0. The van der Waals surface area contributed by atoms with Gasteiger partial charge in [-0.05, 0) is 30.5 Å². The number of hydrogen-bond donors (Lipinski definition) is 0. The van der Waals surface area contributed by atoms with E-state index in [4.69, 9.17) is 0 Å². The molecule has 0 amide bonds. The van der Waals surface area contributed by atoms with Gasteiger partial charge in [0, 0.05) is 0 Å². The summed E-state index contributed by atoms with van der Waals surface area (Å²) >= 11 is 0. The van der Waals surface area contributed by atoms with E-state index < -0.39 is 0 Å². The third kappa shape index (κ3) is 2.71. The molecule has 1 radical (unpaired) electrons. The average molecular weight is 151 g/mol. The second-order valence-electron chi connectivity index (χ2n) is 2.59. The third-order valence-electron chi connectivity index (χ3n) is 1.60. The van der Waals surface area contributed by atoms with Crippen molar-refractivity contribution in [2.24, 2.45) is 0 Å². The van der Waals surface area contributed by atoms with Crippen LogP contribution >= 0.6 is 0 Å². The molecule has 0 heterocycles. The SMILES string of the molecule is [CH2]CCCc1cccc(F)c1. The van der Waals surface area contributed by atoms with Crippen LogP contribution in [0.25, 0.3) is 0 Å². The van der Waals surface area contributed by atoms with E-state index in [0.717, 1.165) is 24.8 Å². The Hall–Kier alpha value is -0.850.